The quantitative estimate of drug-likeness (QED) is 0.630. The standard InChI is InChI=1S/C18H16ClF3N2O2S/c1-11(8-12-10-23-16-5-3-2-4-14(12)16)24-27(25,26)17-9-13(18(20,21)22)6-7-15(17)19/h2-7,9-11,23-24H,8H2,1H3. The third kappa shape index (κ3) is 4.28. The molecule has 0 aliphatic carbocycles. The fourth-order valence-corrected chi connectivity index (χ4v) is 4.66. The van der Waals surface area contributed by atoms with Crippen LogP contribution in [0.25, 0.3) is 10.9 Å². The number of halogens is 4. The highest BCUT2D eigenvalue weighted by Crippen LogP contribution is 2.33. The Hall–Kier alpha value is -2.03. The minimum atomic E-state index is -4.66. The Kier molecular flexibility index (Phi) is 5.24. The van der Waals surface area contributed by atoms with E-state index in [1.165, 1.54) is 0 Å². The summed E-state index contributed by atoms with van der Waals surface area (Å²) in [7, 11) is -4.22. The van der Waals surface area contributed by atoms with Gasteiger partial charge in [-0.15, -0.1) is 0 Å². The molecule has 0 aliphatic heterocycles. The number of sulfonamides is 1. The van der Waals surface area contributed by atoms with Gasteiger partial charge < -0.3 is 4.98 Å². The molecule has 27 heavy (non-hydrogen) atoms. The number of hydrogen-bond acceptors (Lipinski definition) is 2. The van der Waals surface area contributed by atoms with E-state index in [0.717, 1.165) is 28.6 Å². The predicted octanol–water partition coefficient (Wildman–Crippen LogP) is 4.75. The molecule has 0 aliphatic rings. The fraction of sp³-hybridized carbons (Fsp3) is 0.222. The summed E-state index contributed by atoms with van der Waals surface area (Å²) in [6.45, 7) is 1.64. The Morgan fingerprint density at radius 3 is 2.59 bits per heavy atom. The topological polar surface area (TPSA) is 62.0 Å². The molecule has 144 valence electrons. The summed E-state index contributed by atoms with van der Waals surface area (Å²) in [5, 5.41) is 0.690. The molecule has 1 atom stereocenters. The summed E-state index contributed by atoms with van der Waals surface area (Å²) in [6.07, 6.45) is -2.52. The van der Waals surface area contributed by atoms with Crippen molar-refractivity contribution in [1.82, 2.24) is 9.71 Å². The second kappa shape index (κ2) is 7.18. The van der Waals surface area contributed by atoms with Crippen LogP contribution >= 0.6 is 11.6 Å². The summed E-state index contributed by atoms with van der Waals surface area (Å²) in [4.78, 5) is 2.51. The zero-order valence-electron chi connectivity index (χ0n) is 14.1. The summed E-state index contributed by atoms with van der Waals surface area (Å²) < 4.78 is 66.2. The van der Waals surface area contributed by atoms with E-state index >= 15 is 0 Å². The van der Waals surface area contributed by atoms with E-state index in [1.54, 1.807) is 13.1 Å². The molecule has 0 saturated heterocycles. The number of alkyl halides is 3. The fourth-order valence-electron chi connectivity index (χ4n) is 2.89. The zero-order valence-corrected chi connectivity index (χ0v) is 15.7. The minimum Gasteiger partial charge on any atom is -0.361 e. The first-order chi connectivity index (χ1) is 12.6. The van der Waals surface area contributed by atoms with E-state index in [0.29, 0.717) is 12.5 Å². The molecule has 3 rings (SSSR count). The van der Waals surface area contributed by atoms with Gasteiger partial charge in [0.2, 0.25) is 10.0 Å². The number of nitrogens with one attached hydrogen (secondary N) is 2. The second-order valence-electron chi connectivity index (χ2n) is 6.23. The molecule has 9 heteroatoms. The smallest absolute Gasteiger partial charge is 0.361 e. The van der Waals surface area contributed by atoms with Crippen LogP contribution in [0, 0.1) is 0 Å². The van der Waals surface area contributed by atoms with E-state index < -0.39 is 32.7 Å². The molecule has 2 N–H and O–H groups in total. The molecule has 1 unspecified atom stereocenters. The van der Waals surface area contributed by atoms with Crippen LogP contribution in [0.4, 0.5) is 13.2 Å². The first kappa shape index (κ1) is 19.7. The van der Waals surface area contributed by atoms with Crippen LogP contribution in [0.15, 0.2) is 53.6 Å². The van der Waals surface area contributed by atoms with Crippen LogP contribution in [0.3, 0.4) is 0 Å². The molecular weight excluding hydrogens is 401 g/mol. The maximum atomic E-state index is 12.9. The molecule has 2 aromatic carbocycles. The van der Waals surface area contributed by atoms with Crippen LogP contribution in [0.2, 0.25) is 5.02 Å². The van der Waals surface area contributed by atoms with Gasteiger partial charge >= 0.3 is 6.18 Å². The van der Waals surface area contributed by atoms with Gasteiger partial charge in [0, 0.05) is 23.1 Å². The average molecular weight is 417 g/mol. The molecule has 0 fully saturated rings. The molecule has 0 bridgehead atoms. The molecule has 0 saturated carbocycles. The Bertz CT molecular complexity index is 1080. The van der Waals surface area contributed by atoms with Gasteiger partial charge in [-0.3, -0.25) is 0 Å². The zero-order chi connectivity index (χ0) is 19.8. The summed E-state index contributed by atoms with van der Waals surface area (Å²) >= 11 is 5.84. The average Bonchev–Trinajstić information content (AvgIpc) is 2.96. The van der Waals surface area contributed by atoms with Crippen LogP contribution in [-0.2, 0) is 22.6 Å². The summed E-state index contributed by atoms with van der Waals surface area (Å²) in [5.74, 6) is 0. The number of rotatable bonds is 5. The van der Waals surface area contributed by atoms with E-state index in [-0.39, 0.29) is 5.02 Å². The monoisotopic (exact) mass is 416 g/mol. The number of para-hydroxylation sites is 1. The third-order valence-electron chi connectivity index (χ3n) is 4.11. The van der Waals surface area contributed by atoms with Gasteiger partial charge in [-0.25, -0.2) is 13.1 Å². The summed E-state index contributed by atoms with van der Waals surface area (Å²) in [5.41, 5.74) is 0.746. The highest BCUT2D eigenvalue weighted by Gasteiger charge is 2.33. The van der Waals surface area contributed by atoms with Crippen molar-refractivity contribution in [2.75, 3.05) is 0 Å². The minimum absolute atomic E-state index is 0.269. The SMILES string of the molecule is CC(Cc1c[nH]c2ccccc12)NS(=O)(=O)c1cc(C(F)(F)F)ccc1Cl. The van der Waals surface area contributed by atoms with Crippen LogP contribution < -0.4 is 4.72 Å². The van der Waals surface area contributed by atoms with Gasteiger partial charge in [0.25, 0.3) is 0 Å². The first-order valence-corrected chi connectivity index (χ1v) is 9.88. The Balaban J connectivity index is 1.84. The lowest BCUT2D eigenvalue weighted by Crippen LogP contribution is -2.34. The van der Waals surface area contributed by atoms with Gasteiger partial charge in [0.05, 0.1) is 10.6 Å². The number of hydrogen-bond donors (Lipinski definition) is 2. The largest absolute Gasteiger partial charge is 0.416 e. The molecule has 0 amide bonds. The van der Waals surface area contributed by atoms with Crippen molar-refractivity contribution >= 4 is 32.5 Å². The maximum absolute atomic E-state index is 12.9. The first-order valence-electron chi connectivity index (χ1n) is 8.02. The normalized spacial score (nSPS) is 13.8. The van der Waals surface area contributed by atoms with E-state index in [1.807, 2.05) is 24.3 Å². The van der Waals surface area contributed by atoms with Crippen molar-refractivity contribution in [2.45, 2.75) is 30.5 Å². The molecule has 3 aromatic rings. The van der Waals surface area contributed by atoms with E-state index in [2.05, 4.69) is 9.71 Å². The van der Waals surface area contributed by atoms with Crippen LogP contribution in [0.5, 0.6) is 0 Å². The van der Waals surface area contributed by atoms with Crippen molar-refractivity contribution in [1.29, 1.82) is 0 Å². The maximum Gasteiger partial charge on any atom is 0.416 e. The number of aromatic nitrogens is 1. The highest BCUT2D eigenvalue weighted by molar-refractivity contribution is 7.89. The lowest BCUT2D eigenvalue weighted by Gasteiger charge is -2.16. The lowest BCUT2D eigenvalue weighted by molar-refractivity contribution is -0.137. The van der Waals surface area contributed by atoms with Crippen LogP contribution in [-0.4, -0.2) is 19.4 Å². The van der Waals surface area contributed by atoms with Crippen molar-refractivity contribution in [3.05, 3.63) is 64.8 Å². The highest BCUT2D eigenvalue weighted by atomic mass is 35.5. The van der Waals surface area contributed by atoms with Crippen molar-refractivity contribution in [3.63, 3.8) is 0 Å². The van der Waals surface area contributed by atoms with Gasteiger partial charge in [-0.2, -0.15) is 13.2 Å². The second-order valence-corrected chi connectivity index (χ2v) is 8.32. The molecule has 0 radical (unpaired) electrons. The van der Waals surface area contributed by atoms with Crippen LogP contribution in [0.1, 0.15) is 18.1 Å². The van der Waals surface area contributed by atoms with Gasteiger partial charge in [0.15, 0.2) is 0 Å². The van der Waals surface area contributed by atoms with E-state index in [4.69, 9.17) is 11.6 Å². The molecule has 1 heterocycles. The Morgan fingerprint density at radius 1 is 1.19 bits per heavy atom. The van der Waals surface area contributed by atoms with Crippen molar-refractivity contribution in [2.24, 2.45) is 0 Å². The molecule has 1 aromatic heterocycles. The number of benzene rings is 2. The van der Waals surface area contributed by atoms with E-state index in [9.17, 15) is 21.6 Å². The van der Waals surface area contributed by atoms with Crippen molar-refractivity contribution in [3.8, 4) is 0 Å². The lowest BCUT2D eigenvalue weighted by atomic mass is 10.1. The number of fused-ring (bicyclic) bond motifs is 1. The predicted molar refractivity (Wildman–Crippen MR) is 98.2 cm³/mol. The third-order valence-corrected chi connectivity index (χ3v) is 6.18. The Labute approximate surface area is 159 Å². The molecule has 4 nitrogen and oxygen atoms in total. The summed E-state index contributed by atoms with van der Waals surface area (Å²) in [6, 6.07) is 9.23. The number of aromatic amines is 1. The van der Waals surface area contributed by atoms with Gasteiger partial charge in [-0.1, -0.05) is 29.8 Å². The van der Waals surface area contributed by atoms with Crippen molar-refractivity contribution < 1.29 is 21.6 Å². The Morgan fingerprint density at radius 2 is 1.89 bits per heavy atom. The van der Waals surface area contributed by atoms with Gasteiger partial charge in [0.1, 0.15) is 4.90 Å². The molecule has 0 spiro atoms. The van der Waals surface area contributed by atoms with Gasteiger partial charge in [-0.05, 0) is 43.2 Å². The molecular formula is C18H16ClF3N2O2S. The number of H-pyrrole nitrogens is 1.